The summed E-state index contributed by atoms with van der Waals surface area (Å²) in [6, 6.07) is 14.8. The SMILES string of the molecule is Cc1ccc(-n2cc(C(=O)Nc3cccc(CO)c3)nn2)cc1. The number of aryl methyl sites for hydroxylation is 1. The molecular formula is C17H16N4O2. The molecule has 0 bridgehead atoms. The summed E-state index contributed by atoms with van der Waals surface area (Å²) in [5, 5.41) is 19.7. The van der Waals surface area contributed by atoms with Gasteiger partial charge < -0.3 is 10.4 Å². The van der Waals surface area contributed by atoms with E-state index in [0.29, 0.717) is 5.69 Å². The zero-order valence-electron chi connectivity index (χ0n) is 12.6. The van der Waals surface area contributed by atoms with Gasteiger partial charge in [0.25, 0.3) is 5.91 Å². The van der Waals surface area contributed by atoms with Gasteiger partial charge in [0.1, 0.15) is 0 Å². The molecule has 0 aliphatic heterocycles. The number of nitrogens with zero attached hydrogens (tertiary/aromatic N) is 3. The number of hydrogen-bond donors (Lipinski definition) is 2. The van der Waals surface area contributed by atoms with Crippen LogP contribution in [0.3, 0.4) is 0 Å². The summed E-state index contributed by atoms with van der Waals surface area (Å²) in [5.41, 5.74) is 3.54. The second kappa shape index (κ2) is 6.41. The normalized spacial score (nSPS) is 10.5. The Morgan fingerprint density at radius 2 is 2.00 bits per heavy atom. The standard InChI is InChI=1S/C17H16N4O2/c1-12-5-7-15(8-6-12)21-10-16(19-20-21)17(23)18-14-4-2-3-13(9-14)11-22/h2-10,22H,11H2,1H3,(H,18,23). The van der Waals surface area contributed by atoms with E-state index in [4.69, 9.17) is 5.11 Å². The molecule has 0 spiro atoms. The van der Waals surface area contributed by atoms with Gasteiger partial charge >= 0.3 is 0 Å². The van der Waals surface area contributed by atoms with Crippen molar-refractivity contribution in [3.8, 4) is 5.69 Å². The van der Waals surface area contributed by atoms with Gasteiger partial charge in [0.15, 0.2) is 5.69 Å². The highest BCUT2D eigenvalue weighted by Crippen LogP contribution is 2.13. The minimum atomic E-state index is -0.349. The third kappa shape index (κ3) is 3.44. The highest BCUT2D eigenvalue weighted by Gasteiger charge is 2.12. The first kappa shape index (κ1) is 14.9. The molecule has 0 saturated heterocycles. The molecule has 0 aliphatic carbocycles. The zero-order chi connectivity index (χ0) is 16.2. The molecule has 0 atom stereocenters. The Morgan fingerprint density at radius 3 is 2.74 bits per heavy atom. The molecule has 3 rings (SSSR count). The average Bonchev–Trinajstić information content (AvgIpc) is 3.06. The van der Waals surface area contributed by atoms with Crippen LogP contribution in [0.1, 0.15) is 21.6 Å². The number of aliphatic hydroxyl groups is 1. The fourth-order valence-electron chi connectivity index (χ4n) is 2.13. The predicted molar refractivity (Wildman–Crippen MR) is 86.4 cm³/mol. The molecule has 2 aromatic carbocycles. The van der Waals surface area contributed by atoms with Crippen molar-refractivity contribution < 1.29 is 9.90 Å². The van der Waals surface area contributed by atoms with Crippen molar-refractivity contribution in [1.29, 1.82) is 0 Å². The van der Waals surface area contributed by atoms with Gasteiger partial charge in [-0.15, -0.1) is 5.10 Å². The number of carbonyl (C=O) groups is 1. The fraction of sp³-hybridized carbons (Fsp3) is 0.118. The van der Waals surface area contributed by atoms with E-state index in [1.165, 1.54) is 0 Å². The van der Waals surface area contributed by atoms with Crippen LogP contribution in [-0.4, -0.2) is 26.0 Å². The van der Waals surface area contributed by atoms with E-state index in [-0.39, 0.29) is 18.2 Å². The molecule has 23 heavy (non-hydrogen) atoms. The number of nitrogens with one attached hydrogen (secondary N) is 1. The molecule has 6 heteroatoms. The maximum Gasteiger partial charge on any atom is 0.277 e. The summed E-state index contributed by atoms with van der Waals surface area (Å²) < 4.78 is 1.55. The van der Waals surface area contributed by atoms with Crippen LogP contribution in [-0.2, 0) is 6.61 Å². The first-order chi connectivity index (χ1) is 11.2. The van der Waals surface area contributed by atoms with Crippen LogP contribution < -0.4 is 5.32 Å². The second-order valence-electron chi connectivity index (χ2n) is 5.20. The Balaban J connectivity index is 1.76. The first-order valence-electron chi connectivity index (χ1n) is 7.16. The van der Waals surface area contributed by atoms with Crippen molar-refractivity contribution in [3.63, 3.8) is 0 Å². The lowest BCUT2D eigenvalue weighted by molar-refractivity contribution is 0.102. The molecule has 0 radical (unpaired) electrons. The van der Waals surface area contributed by atoms with Crippen molar-refractivity contribution in [3.05, 3.63) is 71.5 Å². The minimum absolute atomic E-state index is 0.0761. The van der Waals surface area contributed by atoms with Gasteiger partial charge in [-0.1, -0.05) is 35.0 Å². The van der Waals surface area contributed by atoms with Crippen LogP contribution >= 0.6 is 0 Å². The molecule has 0 aliphatic rings. The van der Waals surface area contributed by atoms with Gasteiger partial charge in [-0.25, -0.2) is 4.68 Å². The number of rotatable bonds is 4. The number of carbonyl (C=O) groups excluding carboxylic acids is 1. The van der Waals surface area contributed by atoms with E-state index in [1.807, 2.05) is 31.2 Å². The predicted octanol–water partition coefficient (Wildman–Crippen LogP) is 2.32. The topological polar surface area (TPSA) is 80.0 Å². The second-order valence-corrected chi connectivity index (χ2v) is 5.20. The van der Waals surface area contributed by atoms with Crippen LogP contribution in [0.4, 0.5) is 5.69 Å². The Labute approximate surface area is 133 Å². The Kier molecular flexibility index (Phi) is 4.16. The number of aromatic nitrogens is 3. The third-order valence-electron chi connectivity index (χ3n) is 3.39. The molecular weight excluding hydrogens is 292 g/mol. The van der Waals surface area contributed by atoms with Gasteiger partial charge in [0, 0.05) is 5.69 Å². The maximum atomic E-state index is 12.2. The van der Waals surface area contributed by atoms with Crippen molar-refractivity contribution in [2.75, 3.05) is 5.32 Å². The van der Waals surface area contributed by atoms with Gasteiger partial charge in [0.2, 0.25) is 0 Å². The van der Waals surface area contributed by atoms with Crippen LogP contribution in [0.2, 0.25) is 0 Å². The van der Waals surface area contributed by atoms with Crippen LogP contribution in [0.25, 0.3) is 5.69 Å². The van der Waals surface area contributed by atoms with Gasteiger partial charge in [-0.3, -0.25) is 4.79 Å². The molecule has 3 aromatic rings. The maximum absolute atomic E-state index is 12.2. The molecule has 1 aromatic heterocycles. The summed E-state index contributed by atoms with van der Waals surface area (Å²) in [5.74, 6) is -0.349. The minimum Gasteiger partial charge on any atom is -0.392 e. The van der Waals surface area contributed by atoms with E-state index >= 15 is 0 Å². The largest absolute Gasteiger partial charge is 0.392 e. The molecule has 0 fully saturated rings. The van der Waals surface area contributed by atoms with Crippen molar-refractivity contribution in [1.82, 2.24) is 15.0 Å². The highest BCUT2D eigenvalue weighted by atomic mass is 16.3. The number of anilines is 1. The molecule has 1 amide bonds. The summed E-state index contributed by atoms with van der Waals surface area (Å²) in [6.07, 6.45) is 1.58. The smallest absolute Gasteiger partial charge is 0.277 e. The van der Waals surface area contributed by atoms with Crippen LogP contribution in [0, 0.1) is 6.92 Å². The molecule has 1 heterocycles. The lowest BCUT2D eigenvalue weighted by Gasteiger charge is -2.04. The number of hydrogen-bond acceptors (Lipinski definition) is 4. The Hall–Kier alpha value is -2.99. The third-order valence-corrected chi connectivity index (χ3v) is 3.39. The van der Waals surface area contributed by atoms with Gasteiger partial charge in [-0.05, 0) is 36.8 Å². The van der Waals surface area contributed by atoms with E-state index < -0.39 is 0 Å². The zero-order valence-corrected chi connectivity index (χ0v) is 12.6. The van der Waals surface area contributed by atoms with Gasteiger partial charge in [-0.2, -0.15) is 0 Å². The van der Waals surface area contributed by atoms with E-state index in [2.05, 4.69) is 15.6 Å². The molecule has 116 valence electrons. The molecule has 6 nitrogen and oxygen atoms in total. The Bertz CT molecular complexity index is 825. The van der Waals surface area contributed by atoms with E-state index in [9.17, 15) is 4.79 Å². The molecule has 0 saturated carbocycles. The van der Waals surface area contributed by atoms with Crippen molar-refractivity contribution >= 4 is 11.6 Å². The lowest BCUT2D eigenvalue weighted by atomic mass is 10.2. The summed E-state index contributed by atoms with van der Waals surface area (Å²) in [6.45, 7) is 1.93. The summed E-state index contributed by atoms with van der Waals surface area (Å²) >= 11 is 0. The summed E-state index contributed by atoms with van der Waals surface area (Å²) in [7, 11) is 0. The van der Waals surface area contributed by atoms with E-state index in [1.54, 1.807) is 35.1 Å². The van der Waals surface area contributed by atoms with E-state index in [0.717, 1.165) is 16.8 Å². The quantitative estimate of drug-likeness (QED) is 0.775. The Morgan fingerprint density at radius 1 is 1.22 bits per heavy atom. The monoisotopic (exact) mass is 308 g/mol. The fourth-order valence-corrected chi connectivity index (χ4v) is 2.13. The number of aliphatic hydroxyl groups excluding tert-OH is 1. The summed E-state index contributed by atoms with van der Waals surface area (Å²) in [4.78, 5) is 12.2. The average molecular weight is 308 g/mol. The molecule has 0 unspecified atom stereocenters. The first-order valence-corrected chi connectivity index (χ1v) is 7.16. The van der Waals surface area contributed by atoms with Crippen molar-refractivity contribution in [2.45, 2.75) is 13.5 Å². The number of amides is 1. The number of benzene rings is 2. The molecule has 2 N–H and O–H groups in total. The van der Waals surface area contributed by atoms with Crippen LogP contribution in [0.5, 0.6) is 0 Å². The highest BCUT2D eigenvalue weighted by molar-refractivity contribution is 6.02. The van der Waals surface area contributed by atoms with Gasteiger partial charge in [0.05, 0.1) is 18.5 Å². The van der Waals surface area contributed by atoms with Crippen LogP contribution in [0.15, 0.2) is 54.7 Å². The lowest BCUT2D eigenvalue weighted by Crippen LogP contribution is -2.12. The van der Waals surface area contributed by atoms with Crippen molar-refractivity contribution in [2.24, 2.45) is 0 Å².